The minimum Gasteiger partial charge on any atom is -0.149 e. The Kier molecular flexibility index (Phi) is 3.38. The molecule has 0 spiro atoms. The first-order chi connectivity index (χ1) is 6.84. The molecule has 0 unspecified atom stereocenters. The van der Waals surface area contributed by atoms with E-state index in [0.717, 1.165) is 17.3 Å². The highest BCUT2D eigenvalue weighted by Gasteiger charge is 1.96. The summed E-state index contributed by atoms with van der Waals surface area (Å²) >= 11 is 5.27. The van der Waals surface area contributed by atoms with Gasteiger partial charge in [-0.05, 0) is 42.0 Å². The SMILES string of the molecule is Brc1ccc(CCc2cccs2)cc1. The molecule has 0 saturated heterocycles. The second-order valence-corrected chi connectivity index (χ2v) is 5.15. The zero-order chi connectivity index (χ0) is 9.80. The largest absolute Gasteiger partial charge is 0.149 e. The molecular formula is C12H11BrS. The lowest BCUT2D eigenvalue weighted by Crippen LogP contribution is -1.87. The fraction of sp³-hybridized carbons (Fsp3) is 0.167. The second kappa shape index (κ2) is 4.76. The monoisotopic (exact) mass is 266 g/mol. The molecule has 0 fully saturated rings. The van der Waals surface area contributed by atoms with E-state index in [0.29, 0.717) is 0 Å². The molecular weight excluding hydrogens is 256 g/mol. The molecule has 0 amide bonds. The quantitative estimate of drug-likeness (QED) is 0.778. The topological polar surface area (TPSA) is 0 Å². The van der Waals surface area contributed by atoms with Crippen molar-refractivity contribution in [3.8, 4) is 0 Å². The van der Waals surface area contributed by atoms with Gasteiger partial charge in [-0.3, -0.25) is 0 Å². The van der Waals surface area contributed by atoms with Gasteiger partial charge in [0, 0.05) is 9.35 Å². The van der Waals surface area contributed by atoms with E-state index in [1.54, 1.807) is 0 Å². The molecule has 0 aliphatic carbocycles. The number of hydrogen-bond acceptors (Lipinski definition) is 1. The van der Waals surface area contributed by atoms with Crippen molar-refractivity contribution in [2.75, 3.05) is 0 Å². The Morgan fingerprint density at radius 1 is 1.00 bits per heavy atom. The zero-order valence-electron chi connectivity index (χ0n) is 7.74. The number of aryl methyl sites for hydroxylation is 2. The van der Waals surface area contributed by atoms with Crippen molar-refractivity contribution in [1.82, 2.24) is 0 Å². The van der Waals surface area contributed by atoms with Gasteiger partial charge in [-0.15, -0.1) is 11.3 Å². The minimum absolute atomic E-state index is 1.13. The van der Waals surface area contributed by atoms with Gasteiger partial charge < -0.3 is 0 Å². The van der Waals surface area contributed by atoms with E-state index in [4.69, 9.17) is 0 Å². The molecule has 1 aromatic carbocycles. The van der Waals surface area contributed by atoms with Gasteiger partial charge in [0.25, 0.3) is 0 Å². The summed E-state index contributed by atoms with van der Waals surface area (Å²) in [5.41, 5.74) is 1.40. The van der Waals surface area contributed by atoms with Crippen LogP contribution in [-0.2, 0) is 12.8 Å². The predicted octanol–water partition coefficient (Wildman–Crippen LogP) is 4.30. The molecule has 0 aliphatic rings. The lowest BCUT2D eigenvalue weighted by atomic mass is 10.1. The van der Waals surface area contributed by atoms with Gasteiger partial charge in [0.2, 0.25) is 0 Å². The highest BCUT2D eigenvalue weighted by atomic mass is 79.9. The second-order valence-electron chi connectivity index (χ2n) is 3.21. The summed E-state index contributed by atoms with van der Waals surface area (Å²) in [6.45, 7) is 0. The fourth-order valence-electron chi connectivity index (χ4n) is 1.37. The Hall–Kier alpha value is -0.600. The van der Waals surface area contributed by atoms with Gasteiger partial charge in [0.1, 0.15) is 0 Å². The van der Waals surface area contributed by atoms with Crippen molar-refractivity contribution in [2.24, 2.45) is 0 Å². The highest BCUT2D eigenvalue weighted by molar-refractivity contribution is 9.10. The first-order valence-electron chi connectivity index (χ1n) is 4.61. The average Bonchev–Trinajstić information content (AvgIpc) is 2.70. The highest BCUT2D eigenvalue weighted by Crippen LogP contribution is 2.15. The summed E-state index contributed by atoms with van der Waals surface area (Å²) in [6, 6.07) is 12.9. The van der Waals surface area contributed by atoms with Crippen LogP contribution in [-0.4, -0.2) is 0 Å². The van der Waals surface area contributed by atoms with Crippen LogP contribution in [0.1, 0.15) is 10.4 Å². The third-order valence-corrected chi connectivity index (χ3v) is 3.62. The fourth-order valence-corrected chi connectivity index (χ4v) is 2.35. The van der Waals surface area contributed by atoms with E-state index in [-0.39, 0.29) is 0 Å². The van der Waals surface area contributed by atoms with E-state index in [9.17, 15) is 0 Å². The molecule has 0 radical (unpaired) electrons. The van der Waals surface area contributed by atoms with Gasteiger partial charge in [0.05, 0.1) is 0 Å². The van der Waals surface area contributed by atoms with Gasteiger partial charge in [-0.25, -0.2) is 0 Å². The normalized spacial score (nSPS) is 10.4. The summed E-state index contributed by atoms with van der Waals surface area (Å²) in [6.07, 6.45) is 2.28. The van der Waals surface area contributed by atoms with Crippen LogP contribution in [0.4, 0.5) is 0 Å². The van der Waals surface area contributed by atoms with Crippen molar-refractivity contribution < 1.29 is 0 Å². The Morgan fingerprint density at radius 3 is 2.43 bits per heavy atom. The summed E-state index contributed by atoms with van der Waals surface area (Å²) in [5.74, 6) is 0. The number of benzene rings is 1. The lowest BCUT2D eigenvalue weighted by molar-refractivity contribution is 0.980. The van der Waals surface area contributed by atoms with E-state index in [1.165, 1.54) is 10.4 Å². The zero-order valence-corrected chi connectivity index (χ0v) is 10.1. The molecule has 1 aromatic heterocycles. The molecule has 0 nitrogen and oxygen atoms in total. The molecule has 0 atom stereocenters. The number of thiophene rings is 1. The van der Waals surface area contributed by atoms with E-state index < -0.39 is 0 Å². The molecule has 1 heterocycles. The first-order valence-corrected chi connectivity index (χ1v) is 6.29. The molecule has 14 heavy (non-hydrogen) atoms. The summed E-state index contributed by atoms with van der Waals surface area (Å²) in [5, 5.41) is 2.14. The molecule has 0 N–H and O–H groups in total. The van der Waals surface area contributed by atoms with E-state index in [2.05, 4.69) is 57.7 Å². The van der Waals surface area contributed by atoms with Crippen LogP contribution < -0.4 is 0 Å². The summed E-state index contributed by atoms with van der Waals surface area (Å²) in [7, 11) is 0. The van der Waals surface area contributed by atoms with Crippen molar-refractivity contribution in [1.29, 1.82) is 0 Å². The average molecular weight is 267 g/mol. The number of hydrogen-bond donors (Lipinski definition) is 0. The molecule has 0 aliphatic heterocycles. The van der Waals surface area contributed by atoms with Crippen molar-refractivity contribution in [3.05, 3.63) is 56.7 Å². The number of rotatable bonds is 3. The first kappa shape index (κ1) is 9.94. The molecule has 0 bridgehead atoms. The van der Waals surface area contributed by atoms with Gasteiger partial charge >= 0.3 is 0 Å². The number of halogens is 1. The van der Waals surface area contributed by atoms with E-state index in [1.807, 2.05) is 11.3 Å². The molecule has 2 heteroatoms. The Morgan fingerprint density at radius 2 is 1.79 bits per heavy atom. The smallest absolute Gasteiger partial charge is 0.0175 e. The van der Waals surface area contributed by atoms with Crippen LogP contribution in [0.5, 0.6) is 0 Å². The van der Waals surface area contributed by atoms with Gasteiger partial charge in [0.15, 0.2) is 0 Å². The van der Waals surface area contributed by atoms with Crippen LogP contribution >= 0.6 is 27.3 Å². The molecule has 2 rings (SSSR count). The van der Waals surface area contributed by atoms with Crippen LogP contribution in [0.25, 0.3) is 0 Å². The van der Waals surface area contributed by atoms with Crippen LogP contribution in [0.3, 0.4) is 0 Å². The maximum Gasteiger partial charge on any atom is 0.0175 e. The standard InChI is InChI=1S/C12H11BrS/c13-11-6-3-10(4-7-11)5-8-12-2-1-9-14-12/h1-4,6-7,9H,5,8H2. The Labute approximate surface area is 96.7 Å². The molecule has 72 valence electrons. The summed E-state index contributed by atoms with van der Waals surface area (Å²) < 4.78 is 1.15. The maximum absolute atomic E-state index is 3.44. The maximum atomic E-state index is 3.44. The third-order valence-electron chi connectivity index (χ3n) is 2.15. The predicted molar refractivity (Wildman–Crippen MR) is 65.9 cm³/mol. The van der Waals surface area contributed by atoms with Gasteiger partial charge in [-0.2, -0.15) is 0 Å². The Bertz CT molecular complexity index is 375. The van der Waals surface area contributed by atoms with E-state index >= 15 is 0 Å². The Balaban J connectivity index is 1.95. The lowest BCUT2D eigenvalue weighted by Gasteiger charge is -1.99. The third kappa shape index (κ3) is 2.69. The van der Waals surface area contributed by atoms with Crippen LogP contribution in [0.2, 0.25) is 0 Å². The van der Waals surface area contributed by atoms with Crippen molar-refractivity contribution in [3.63, 3.8) is 0 Å². The van der Waals surface area contributed by atoms with Crippen LogP contribution in [0.15, 0.2) is 46.3 Å². The van der Waals surface area contributed by atoms with Crippen molar-refractivity contribution in [2.45, 2.75) is 12.8 Å². The van der Waals surface area contributed by atoms with Crippen molar-refractivity contribution >= 4 is 27.3 Å². The molecule has 0 saturated carbocycles. The van der Waals surface area contributed by atoms with Crippen LogP contribution in [0, 0.1) is 0 Å². The summed E-state index contributed by atoms with van der Waals surface area (Å²) in [4.78, 5) is 1.47. The minimum atomic E-state index is 1.13. The molecule has 2 aromatic rings. The van der Waals surface area contributed by atoms with Gasteiger partial charge in [-0.1, -0.05) is 34.1 Å².